The van der Waals surface area contributed by atoms with Gasteiger partial charge in [-0.2, -0.15) is 0 Å². The molecule has 0 saturated carbocycles. The highest BCUT2D eigenvalue weighted by Crippen LogP contribution is 2.25. The van der Waals surface area contributed by atoms with E-state index in [2.05, 4.69) is 6.92 Å². The molecule has 5 atom stereocenters. The number of carbonyl (C=O) groups excluding carboxylic acids is 1. The maximum absolute atomic E-state index is 11.9. The Morgan fingerprint density at radius 3 is 2.39 bits per heavy atom. The SMILES string of the molecule is CCCCCCCC(=O)O[C@H]1C(OCC)O[C@H](CO)[C@@H](O)[C@@H]1O. The van der Waals surface area contributed by atoms with Crippen molar-refractivity contribution in [3.63, 3.8) is 0 Å². The summed E-state index contributed by atoms with van der Waals surface area (Å²) in [6.45, 7) is 3.69. The highest BCUT2D eigenvalue weighted by atomic mass is 16.7. The van der Waals surface area contributed by atoms with Gasteiger partial charge in [0.25, 0.3) is 0 Å². The fourth-order valence-corrected chi connectivity index (χ4v) is 2.56. The Hall–Kier alpha value is -0.730. The van der Waals surface area contributed by atoms with Gasteiger partial charge in [-0.3, -0.25) is 4.79 Å². The Kier molecular flexibility index (Phi) is 9.66. The zero-order chi connectivity index (χ0) is 17.2. The molecule has 136 valence electrons. The van der Waals surface area contributed by atoms with E-state index in [1.54, 1.807) is 6.92 Å². The molecule has 0 aromatic carbocycles. The van der Waals surface area contributed by atoms with E-state index in [0.717, 1.165) is 32.1 Å². The summed E-state index contributed by atoms with van der Waals surface area (Å²) in [4.78, 5) is 11.9. The molecular formula is C16H30O7. The number of esters is 1. The van der Waals surface area contributed by atoms with Crippen molar-refractivity contribution in [3.8, 4) is 0 Å². The van der Waals surface area contributed by atoms with Crippen molar-refractivity contribution < 1.29 is 34.3 Å². The van der Waals surface area contributed by atoms with Crippen LogP contribution in [0.1, 0.15) is 52.4 Å². The highest BCUT2D eigenvalue weighted by molar-refractivity contribution is 5.69. The molecular weight excluding hydrogens is 304 g/mol. The van der Waals surface area contributed by atoms with E-state index in [1.165, 1.54) is 0 Å². The molecule has 1 aliphatic heterocycles. The summed E-state index contributed by atoms with van der Waals surface area (Å²) in [6.07, 6.45) is -0.466. The summed E-state index contributed by atoms with van der Waals surface area (Å²) in [5.74, 6) is -0.450. The van der Waals surface area contributed by atoms with Crippen LogP contribution in [-0.4, -0.2) is 65.2 Å². The Morgan fingerprint density at radius 1 is 1.09 bits per heavy atom. The van der Waals surface area contributed by atoms with E-state index < -0.39 is 43.3 Å². The molecule has 1 saturated heterocycles. The third-order valence-corrected chi connectivity index (χ3v) is 3.91. The van der Waals surface area contributed by atoms with Gasteiger partial charge in [0.15, 0.2) is 12.4 Å². The average molecular weight is 334 g/mol. The van der Waals surface area contributed by atoms with Crippen molar-refractivity contribution in [2.24, 2.45) is 0 Å². The maximum atomic E-state index is 11.9. The first kappa shape index (κ1) is 20.3. The van der Waals surface area contributed by atoms with Crippen molar-refractivity contribution in [1.29, 1.82) is 0 Å². The van der Waals surface area contributed by atoms with Gasteiger partial charge in [-0.25, -0.2) is 0 Å². The first-order chi connectivity index (χ1) is 11.0. The molecule has 3 N–H and O–H groups in total. The lowest BCUT2D eigenvalue weighted by Crippen LogP contribution is -2.60. The molecule has 1 fully saturated rings. The van der Waals surface area contributed by atoms with Crippen LogP contribution >= 0.6 is 0 Å². The van der Waals surface area contributed by atoms with Crippen molar-refractivity contribution in [3.05, 3.63) is 0 Å². The summed E-state index contributed by atoms with van der Waals surface area (Å²) < 4.78 is 16.0. The number of hydrogen-bond donors (Lipinski definition) is 3. The van der Waals surface area contributed by atoms with Gasteiger partial charge in [-0.1, -0.05) is 32.6 Å². The zero-order valence-electron chi connectivity index (χ0n) is 14.0. The van der Waals surface area contributed by atoms with Gasteiger partial charge in [0.05, 0.1) is 6.61 Å². The predicted molar refractivity (Wildman–Crippen MR) is 82.6 cm³/mol. The monoisotopic (exact) mass is 334 g/mol. The molecule has 1 heterocycles. The second-order valence-electron chi connectivity index (χ2n) is 5.78. The largest absolute Gasteiger partial charge is 0.454 e. The van der Waals surface area contributed by atoms with Crippen LogP contribution in [0.15, 0.2) is 0 Å². The molecule has 0 bridgehead atoms. The number of unbranched alkanes of at least 4 members (excludes halogenated alkanes) is 4. The minimum Gasteiger partial charge on any atom is -0.454 e. The normalized spacial score (nSPS) is 31.1. The molecule has 0 radical (unpaired) electrons. The molecule has 23 heavy (non-hydrogen) atoms. The molecule has 7 nitrogen and oxygen atoms in total. The number of carbonyl (C=O) groups is 1. The lowest BCUT2D eigenvalue weighted by molar-refractivity contribution is -0.303. The van der Waals surface area contributed by atoms with Gasteiger partial charge in [0, 0.05) is 13.0 Å². The topological polar surface area (TPSA) is 105 Å². The minimum absolute atomic E-state index is 0.255. The Morgan fingerprint density at radius 2 is 1.78 bits per heavy atom. The van der Waals surface area contributed by atoms with Crippen LogP contribution < -0.4 is 0 Å². The second-order valence-corrected chi connectivity index (χ2v) is 5.78. The predicted octanol–water partition coefficient (Wildman–Crippen LogP) is 0.734. The summed E-state index contributed by atoms with van der Waals surface area (Å²) in [6, 6.07) is 0. The van der Waals surface area contributed by atoms with E-state index >= 15 is 0 Å². The summed E-state index contributed by atoms with van der Waals surface area (Å²) in [7, 11) is 0. The third kappa shape index (κ3) is 6.35. The minimum atomic E-state index is -1.36. The molecule has 1 unspecified atom stereocenters. The Bertz CT molecular complexity index is 336. The van der Waals surface area contributed by atoms with Crippen LogP contribution in [0, 0.1) is 0 Å². The van der Waals surface area contributed by atoms with E-state index in [1.807, 2.05) is 0 Å². The van der Waals surface area contributed by atoms with Crippen molar-refractivity contribution in [2.45, 2.75) is 83.1 Å². The molecule has 0 aromatic heterocycles. The Labute approximate surface area is 137 Å². The van der Waals surface area contributed by atoms with Gasteiger partial charge in [-0.15, -0.1) is 0 Å². The van der Waals surface area contributed by atoms with Crippen LogP contribution in [-0.2, 0) is 19.0 Å². The zero-order valence-corrected chi connectivity index (χ0v) is 14.0. The van der Waals surface area contributed by atoms with E-state index in [-0.39, 0.29) is 13.0 Å². The van der Waals surface area contributed by atoms with Gasteiger partial charge < -0.3 is 29.5 Å². The quantitative estimate of drug-likeness (QED) is 0.399. The standard InChI is InChI=1S/C16H30O7/c1-3-5-6-7-8-9-12(18)23-15-14(20)13(19)11(10-17)22-16(15)21-4-2/h11,13-17,19-20H,3-10H2,1-2H3/t11-,13-,14+,15-,16?/m1/s1. The lowest BCUT2D eigenvalue weighted by Gasteiger charge is -2.41. The number of rotatable bonds is 10. The van der Waals surface area contributed by atoms with Gasteiger partial charge in [0.1, 0.15) is 18.3 Å². The first-order valence-corrected chi connectivity index (χ1v) is 8.48. The molecule has 0 amide bonds. The van der Waals surface area contributed by atoms with Crippen molar-refractivity contribution >= 4 is 5.97 Å². The van der Waals surface area contributed by atoms with Crippen LogP contribution in [0.2, 0.25) is 0 Å². The number of hydrogen-bond acceptors (Lipinski definition) is 7. The number of aliphatic hydroxyl groups excluding tert-OH is 3. The summed E-state index contributed by atoms with van der Waals surface area (Å²) >= 11 is 0. The molecule has 0 aliphatic carbocycles. The fourth-order valence-electron chi connectivity index (χ4n) is 2.56. The van der Waals surface area contributed by atoms with Crippen LogP contribution in [0.5, 0.6) is 0 Å². The van der Waals surface area contributed by atoms with Crippen molar-refractivity contribution in [1.82, 2.24) is 0 Å². The maximum Gasteiger partial charge on any atom is 0.306 e. The van der Waals surface area contributed by atoms with E-state index in [0.29, 0.717) is 0 Å². The first-order valence-electron chi connectivity index (χ1n) is 8.48. The Balaban J connectivity index is 2.51. The molecule has 1 rings (SSSR count). The van der Waals surface area contributed by atoms with Crippen LogP contribution in [0.4, 0.5) is 0 Å². The van der Waals surface area contributed by atoms with E-state index in [4.69, 9.17) is 19.3 Å². The molecule has 0 aromatic rings. The molecule has 0 spiro atoms. The number of aliphatic hydroxyl groups is 3. The highest BCUT2D eigenvalue weighted by Gasteiger charge is 2.46. The lowest BCUT2D eigenvalue weighted by atomic mass is 9.99. The molecule has 1 aliphatic rings. The summed E-state index contributed by atoms with van der Waals surface area (Å²) in [5.41, 5.74) is 0. The van der Waals surface area contributed by atoms with Gasteiger partial charge in [0.2, 0.25) is 0 Å². The van der Waals surface area contributed by atoms with Crippen LogP contribution in [0.25, 0.3) is 0 Å². The summed E-state index contributed by atoms with van der Waals surface area (Å²) in [5, 5.41) is 29.2. The number of ether oxygens (including phenoxy) is 3. The second kappa shape index (κ2) is 10.9. The van der Waals surface area contributed by atoms with Gasteiger partial charge >= 0.3 is 5.97 Å². The fraction of sp³-hybridized carbons (Fsp3) is 0.938. The average Bonchev–Trinajstić information content (AvgIpc) is 2.54. The van der Waals surface area contributed by atoms with E-state index in [9.17, 15) is 15.0 Å². The van der Waals surface area contributed by atoms with Gasteiger partial charge in [-0.05, 0) is 13.3 Å². The van der Waals surface area contributed by atoms with Crippen LogP contribution in [0.3, 0.4) is 0 Å². The van der Waals surface area contributed by atoms with Crippen molar-refractivity contribution in [2.75, 3.05) is 13.2 Å². The third-order valence-electron chi connectivity index (χ3n) is 3.91. The molecule has 7 heteroatoms. The smallest absolute Gasteiger partial charge is 0.306 e.